The SMILES string of the molecule is CC(=O)c1ccc([C@H]2C[C@@]3(C)[C@@H](CC[C@@]3(O)C(F)(F)C(F)(F)F)[C@@H]3CCC4=CC(=O)CCC4=C32)cc1.CN(CCCCCCCC(F)(F)C(F)(F)F)CCCCC[C@@H]1Cc2cc(O)ccc2C2[C@@H]1[C@@H]1CC[C@](C)(O)[C@@]1(C)C[C@@H]2F. The number of hydrogen-bond acceptors (Lipinski definition) is 6. The first-order chi connectivity index (χ1) is 36.8. The molecular formula is C62H80F11NO5. The van der Waals surface area contributed by atoms with Crippen molar-refractivity contribution in [2.75, 3.05) is 20.1 Å². The molecule has 4 saturated carbocycles. The Bertz CT molecular complexity index is 2590. The first-order valence-electron chi connectivity index (χ1n) is 28.8. The molecule has 0 radical (unpaired) electrons. The third-order valence-electron chi connectivity index (χ3n) is 20.9. The van der Waals surface area contributed by atoms with Crippen LogP contribution >= 0.6 is 0 Å². The van der Waals surface area contributed by atoms with Crippen molar-refractivity contribution < 1.29 is 73.2 Å². The van der Waals surface area contributed by atoms with Crippen LogP contribution in [0, 0.1) is 40.4 Å². The number of carbonyl (C=O) groups excluding carboxylic acids is 2. The zero-order valence-corrected chi connectivity index (χ0v) is 46.3. The van der Waals surface area contributed by atoms with Crippen molar-refractivity contribution >= 4 is 11.6 Å². The van der Waals surface area contributed by atoms with E-state index in [1.165, 1.54) is 13.8 Å². The van der Waals surface area contributed by atoms with Crippen molar-refractivity contribution in [3.63, 3.8) is 0 Å². The van der Waals surface area contributed by atoms with Gasteiger partial charge in [-0.2, -0.15) is 43.9 Å². The lowest BCUT2D eigenvalue weighted by Gasteiger charge is -2.56. The number of phenolic OH excluding ortho intramolecular Hbond substituents is 1. The Hall–Kier alpha value is -3.83. The Balaban J connectivity index is 0.000000211. The second kappa shape index (κ2) is 22.7. The molecule has 3 N–H and O–H groups in total. The van der Waals surface area contributed by atoms with E-state index in [0.717, 1.165) is 97.9 Å². The van der Waals surface area contributed by atoms with Gasteiger partial charge in [-0.1, -0.05) is 81.9 Å². The highest BCUT2D eigenvalue weighted by Crippen LogP contribution is 2.71. The van der Waals surface area contributed by atoms with E-state index in [-0.39, 0.29) is 60.3 Å². The van der Waals surface area contributed by atoms with E-state index in [1.807, 2.05) is 19.1 Å². The van der Waals surface area contributed by atoms with Gasteiger partial charge in [0.1, 0.15) is 17.5 Å². The summed E-state index contributed by atoms with van der Waals surface area (Å²) in [5.74, 6) is -10.4. The standard InChI is InChI=1S/C34H51F6NO2.C28H29F5O3/c1-31-22-28(35)30-26-14-13-25(42)21-24(26)20-23(29(30)27(31)15-17-32(31,2)43)12-8-7-11-19-41(3)18-10-6-4-5-9-16-33(36,37)34(38,39)40;1-15(34)16-3-5-17(6-4-16)22-14-25(2)23(11-12-26(25,36)27(29,30)28(31,32)33)21-9-7-18-13-19(35)8-10-20(18)24(21)22/h13-14,21,23,27-30,42-43H,4-12,15-20,22H2,1-3H3;3-6,13,21-23,36H,7-12,14H2,1-2H3/t23-,27+,28+,29+,30?,31+,32+;21-,22+,23-,25-,26-/m10/s1. The molecule has 440 valence electrons. The van der Waals surface area contributed by atoms with E-state index < -0.39 is 77.1 Å². The van der Waals surface area contributed by atoms with E-state index in [0.29, 0.717) is 62.8 Å². The molecule has 0 bridgehead atoms. The number of halogens is 11. The molecule has 0 aliphatic heterocycles. The Morgan fingerprint density at radius 2 is 1.37 bits per heavy atom. The van der Waals surface area contributed by atoms with Gasteiger partial charge < -0.3 is 20.2 Å². The van der Waals surface area contributed by atoms with Crippen LogP contribution in [0.3, 0.4) is 0 Å². The van der Waals surface area contributed by atoms with Gasteiger partial charge in [-0.05, 0) is 200 Å². The van der Waals surface area contributed by atoms with Crippen LogP contribution in [-0.2, 0) is 11.2 Å². The summed E-state index contributed by atoms with van der Waals surface area (Å²) >= 11 is 0. The number of carbonyl (C=O) groups is 2. The number of allylic oxidation sites excluding steroid dienone is 4. The molecule has 6 nitrogen and oxygen atoms in total. The highest BCUT2D eigenvalue weighted by atomic mass is 19.4. The summed E-state index contributed by atoms with van der Waals surface area (Å²) in [6.07, 6.45) is -0.949. The molecule has 7 aliphatic carbocycles. The fourth-order valence-electron chi connectivity index (χ4n) is 16.4. The van der Waals surface area contributed by atoms with Crippen molar-refractivity contribution in [2.24, 2.45) is 40.4 Å². The first kappa shape index (κ1) is 61.2. The molecule has 79 heavy (non-hydrogen) atoms. The lowest BCUT2D eigenvalue weighted by atomic mass is 9.50. The van der Waals surface area contributed by atoms with E-state index in [4.69, 9.17) is 0 Å². The Kier molecular flexibility index (Phi) is 17.6. The van der Waals surface area contributed by atoms with Crippen LogP contribution in [0.4, 0.5) is 48.3 Å². The van der Waals surface area contributed by atoms with Gasteiger partial charge in [-0.15, -0.1) is 0 Å². The number of benzene rings is 2. The average molecular weight is 1130 g/mol. The number of rotatable bonds is 17. The van der Waals surface area contributed by atoms with Crippen LogP contribution in [0.2, 0.25) is 0 Å². The third kappa shape index (κ3) is 11.5. The zero-order chi connectivity index (χ0) is 57.9. The molecular weight excluding hydrogens is 1050 g/mol. The highest BCUT2D eigenvalue weighted by molar-refractivity contribution is 5.94. The monoisotopic (exact) mass is 1130 g/mol. The average Bonchev–Trinajstić information content (AvgIpc) is 3.36. The van der Waals surface area contributed by atoms with Crippen LogP contribution in [0.15, 0.2) is 65.3 Å². The molecule has 7 aliphatic rings. The van der Waals surface area contributed by atoms with Gasteiger partial charge in [0, 0.05) is 41.1 Å². The summed E-state index contributed by atoms with van der Waals surface area (Å²) < 4.78 is 150. The van der Waals surface area contributed by atoms with Crippen molar-refractivity contribution in [3.05, 3.63) is 87.5 Å². The Morgan fingerprint density at radius 3 is 2.01 bits per heavy atom. The van der Waals surface area contributed by atoms with Crippen molar-refractivity contribution in [1.29, 1.82) is 0 Å². The van der Waals surface area contributed by atoms with Gasteiger partial charge in [0.15, 0.2) is 11.6 Å². The molecule has 12 atom stereocenters. The molecule has 4 fully saturated rings. The number of Topliss-reactive ketones (excluding diaryl/α,β-unsaturated/α-hetero) is 1. The van der Waals surface area contributed by atoms with Gasteiger partial charge in [0.25, 0.3) is 0 Å². The number of ketones is 2. The molecule has 0 spiro atoms. The summed E-state index contributed by atoms with van der Waals surface area (Å²) in [5.41, 5.74) is 0.0555. The number of alkyl halides is 11. The Morgan fingerprint density at radius 1 is 0.734 bits per heavy atom. The van der Waals surface area contributed by atoms with Crippen LogP contribution in [-0.4, -0.2) is 93.5 Å². The van der Waals surface area contributed by atoms with Gasteiger partial charge in [-0.3, -0.25) is 9.59 Å². The predicted molar refractivity (Wildman–Crippen MR) is 280 cm³/mol. The first-order valence-corrected chi connectivity index (χ1v) is 28.8. The molecule has 0 amide bonds. The predicted octanol–water partition coefficient (Wildman–Crippen LogP) is 15.9. The lowest BCUT2D eigenvalue weighted by molar-refractivity contribution is -0.362. The number of unbranched alkanes of at least 4 members (excludes halogenated alkanes) is 6. The second-order valence-corrected chi connectivity index (χ2v) is 25.5. The number of phenols is 1. The van der Waals surface area contributed by atoms with Gasteiger partial charge in [-0.25, -0.2) is 4.39 Å². The van der Waals surface area contributed by atoms with Gasteiger partial charge >= 0.3 is 24.2 Å². The fourth-order valence-corrected chi connectivity index (χ4v) is 16.4. The zero-order valence-electron chi connectivity index (χ0n) is 46.3. The van der Waals surface area contributed by atoms with Gasteiger partial charge in [0.2, 0.25) is 0 Å². The minimum atomic E-state index is -5.87. The maximum Gasteiger partial charge on any atom is 0.456 e. The molecule has 0 aromatic heterocycles. The minimum absolute atomic E-state index is 0.0378. The Labute approximate surface area is 458 Å². The van der Waals surface area contributed by atoms with Gasteiger partial charge in [0.05, 0.1) is 5.60 Å². The summed E-state index contributed by atoms with van der Waals surface area (Å²) in [6.45, 7) is 8.61. The molecule has 1 unspecified atom stereocenters. The van der Waals surface area contributed by atoms with Crippen LogP contribution in [0.5, 0.6) is 5.75 Å². The van der Waals surface area contributed by atoms with Crippen LogP contribution < -0.4 is 0 Å². The van der Waals surface area contributed by atoms with Crippen molar-refractivity contribution in [3.8, 4) is 5.75 Å². The molecule has 0 saturated heterocycles. The van der Waals surface area contributed by atoms with Crippen LogP contribution in [0.1, 0.15) is 195 Å². The maximum absolute atomic E-state index is 16.1. The number of fused-ring (bicyclic) bond motifs is 9. The third-order valence-corrected chi connectivity index (χ3v) is 20.9. The van der Waals surface area contributed by atoms with Crippen LogP contribution in [0.25, 0.3) is 0 Å². The molecule has 17 heteroatoms. The minimum Gasteiger partial charge on any atom is -0.508 e. The van der Waals surface area contributed by atoms with Crippen molar-refractivity contribution in [2.45, 2.75) is 216 Å². The normalized spacial score (nSPS) is 33.5. The van der Waals surface area contributed by atoms with E-state index in [9.17, 15) is 68.8 Å². The molecule has 2 aromatic rings. The maximum atomic E-state index is 16.1. The molecule has 9 rings (SSSR count). The largest absolute Gasteiger partial charge is 0.508 e. The quantitative estimate of drug-likeness (QED) is 0.0829. The number of hydrogen-bond donors (Lipinski definition) is 3. The number of aliphatic hydroxyl groups is 2. The molecule has 2 aromatic carbocycles. The summed E-state index contributed by atoms with van der Waals surface area (Å²) in [5, 5.41) is 32.7. The summed E-state index contributed by atoms with van der Waals surface area (Å²) in [4.78, 5) is 26.1. The number of nitrogens with zero attached hydrogens (tertiary/aromatic N) is 1. The van der Waals surface area contributed by atoms with E-state index in [2.05, 4.69) is 18.9 Å². The molecule has 0 heterocycles. The number of aromatic hydroxyl groups is 1. The fraction of sp³-hybridized carbons (Fsp3) is 0.710. The topological polar surface area (TPSA) is 98.1 Å². The summed E-state index contributed by atoms with van der Waals surface area (Å²) in [7, 11) is 2.05. The summed E-state index contributed by atoms with van der Waals surface area (Å²) in [6, 6.07) is 12.2. The van der Waals surface area contributed by atoms with Crippen molar-refractivity contribution in [1.82, 2.24) is 4.90 Å². The smallest absolute Gasteiger partial charge is 0.456 e. The van der Waals surface area contributed by atoms with E-state index >= 15 is 4.39 Å². The van der Waals surface area contributed by atoms with E-state index in [1.54, 1.807) is 36.4 Å². The lowest BCUT2D eigenvalue weighted by Crippen LogP contribution is -2.65. The highest BCUT2D eigenvalue weighted by Gasteiger charge is 2.79. The second-order valence-electron chi connectivity index (χ2n) is 25.5.